The van der Waals surface area contributed by atoms with Crippen molar-refractivity contribution in [3.05, 3.63) is 28.8 Å². The first-order chi connectivity index (χ1) is 9.11. The minimum absolute atomic E-state index is 0.199. The lowest BCUT2D eigenvalue weighted by Gasteiger charge is -2.12. The van der Waals surface area contributed by atoms with Crippen molar-refractivity contribution in [3.63, 3.8) is 0 Å². The summed E-state index contributed by atoms with van der Waals surface area (Å²) in [5.41, 5.74) is 1.61. The minimum Gasteiger partial charge on any atom is -0.465 e. The number of ketones is 1. The third kappa shape index (κ3) is 3.20. The predicted molar refractivity (Wildman–Crippen MR) is 73.4 cm³/mol. The number of ether oxygens (including phenoxy) is 1. The first kappa shape index (κ1) is 13.7. The zero-order chi connectivity index (χ0) is 13.8. The highest BCUT2D eigenvalue weighted by atomic mass is 35.5. The second-order valence-corrected chi connectivity index (χ2v) is 4.76. The molecule has 100 valence electrons. The van der Waals surface area contributed by atoms with Gasteiger partial charge in [-0.2, -0.15) is 0 Å². The van der Waals surface area contributed by atoms with Crippen molar-refractivity contribution < 1.29 is 14.3 Å². The summed E-state index contributed by atoms with van der Waals surface area (Å²) in [7, 11) is 1.30. The van der Waals surface area contributed by atoms with Crippen LogP contribution in [0.1, 0.15) is 36.0 Å². The largest absolute Gasteiger partial charge is 0.465 e. The van der Waals surface area contributed by atoms with E-state index >= 15 is 0 Å². The number of benzene rings is 1. The number of esters is 1. The molecular formula is C14H14ClNO3. The lowest BCUT2D eigenvalue weighted by molar-refractivity contribution is -0.118. The van der Waals surface area contributed by atoms with Crippen LogP contribution in [0.15, 0.2) is 23.2 Å². The Balaban J connectivity index is 2.32. The van der Waals surface area contributed by atoms with Crippen LogP contribution in [0.4, 0.5) is 5.69 Å². The highest BCUT2D eigenvalue weighted by Gasteiger charge is 2.17. The summed E-state index contributed by atoms with van der Waals surface area (Å²) in [5.74, 6) is -0.294. The quantitative estimate of drug-likeness (QED) is 0.780. The van der Waals surface area contributed by atoms with Crippen LogP contribution in [-0.2, 0) is 9.53 Å². The number of hydrogen-bond acceptors (Lipinski definition) is 4. The summed E-state index contributed by atoms with van der Waals surface area (Å²) < 4.78 is 4.65. The van der Waals surface area contributed by atoms with E-state index in [9.17, 15) is 9.59 Å². The fourth-order valence-corrected chi connectivity index (χ4v) is 2.28. The number of Topliss-reactive ketones (excluding diaryl/α,β-unsaturated/α-hetero) is 1. The van der Waals surface area contributed by atoms with Crippen molar-refractivity contribution in [1.82, 2.24) is 0 Å². The molecule has 0 saturated heterocycles. The van der Waals surface area contributed by atoms with Crippen molar-refractivity contribution in [2.75, 3.05) is 7.11 Å². The number of carbonyl (C=O) groups is 2. The SMILES string of the molecule is COC(=O)c1cccc(N=C2CCCC(=O)C2)c1Cl. The average Bonchev–Trinajstić information content (AvgIpc) is 2.40. The first-order valence-corrected chi connectivity index (χ1v) is 6.44. The van der Waals surface area contributed by atoms with E-state index in [2.05, 4.69) is 9.73 Å². The molecule has 0 spiro atoms. The van der Waals surface area contributed by atoms with Crippen molar-refractivity contribution in [1.29, 1.82) is 0 Å². The van der Waals surface area contributed by atoms with Gasteiger partial charge in [-0.15, -0.1) is 0 Å². The van der Waals surface area contributed by atoms with Crippen LogP contribution in [0.2, 0.25) is 5.02 Å². The number of aliphatic imine (C=N–C) groups is 1. The van der Waals surface area contributed by atoms with Gasteiger partial charge in [0.25, 0.3) is 0 Å². The molecule has 0 atom stereocenters. The molecule has 1 aromatic rings. The molecule has 1 aliphatic carbocycles. The Morgan fingerprint density at radius 2 is 2.16 bits per heavy atom. The third-order valence-electron chi connectivity index (χ3n) is 2.98. The minimum atomic E-state index is -0.494. The second-order valence-electron chi connectivity index (χ2n) is 4.38. The number of hydrogen-bond donors (Lipinski definition) is 0. The van der Waals surface area contributed by atoms with Crippen LogP contribution in [0.5, 0.6) is 0 Å². The summed E-state index contributed by atoms with van der Waals surface area (Å²) in [6.45, 7) is 0. The summed E-state index contributed by atoms with van der Waals surface area (Å²) in [6, 6.07) is 5.01. The van der Waals surface area contributed by atoms with Gasteiger partial charge in [0.2, 0.25) is 0 Å². The molecule has 4 nitrogen and oxygen atoms in total. The molecule has 1 saturated carbocycles. The standard InChI is InChI=1S/C14H14ClNO3/c1-19-14(18)11-6-3-7-12(13(11)15)16-9-4-2-5-10(17)8-9/h3,6-7H,2,4-5,8H2,1H3. The van der Waals surface area contributed by atoms with Crippen LogP contribution < -0.4 is 0 Å². The van der Waals surface area contributed by atoms with E-state index < -0.39 is 5.97 Å². The van der Waals surface area contributed by atoms with E-state index in [-0.39, 0.29) is 16.4 Å². The molecule has 1 aromatic carbocycles. The highest BCUT2D eigenvalue weighted by molar-refractivity contribution is 6.36. The molecular weight excluding hydrogens is 266 g/mol. The lowest BCUT2D eigenvalue weighted by Crippen LogP contribution is -2.14. The monoisotopic (exact) mass is 279 g/mol. The summed E-state index contributed by atoms with van der Waals surface area (Å²) >= 11 is 6.15. The summed E-state index contributed by atoms with van der Waals surface area (Å²) in [5, 5.41) is 0.264. The maximum absolute atomic E-state index is 11.5. The Kier molecular flexibility index (Phi) is 4.32. The van der Waals surface area contributed by atoms with Crippen molar-refractivity contribution >= 4 is 34.8 Å². The zero-order valence-electron chi connectivity index (χ0n) is 10.6. The average molecular weight is 280 g/mol. The normalized spacial score (nSPS) is 17.6. The molecule has 0 radical (unpaired) electrons. The summed E-state index contributed by atoms with van der Waals surface area (Å²) in [6.07, 6.45) is 2.62. The van der Waals surface area contributed by atoms with Gasteiger partial charge in [0, 0.05) is 18.6 Å². The molecule has 0 aromatic heterocycles. The maximum Gasteiger partial charge on any atom is 0.339 e. The smallest absolute Gasteiger partial charge is 0.339 e. The molecule has 1 fully saturated rings. The first-order valence-electron chi connectivity index (χ1n) is 6.07. The Morgan fingerprint density at radius 3 is 2.84 bits per heavy atom. The van der Waals surface area contributed by atoms with Crippen molar-refractivity contribution in [3.8, 4) is 0 Å². The van der Waals surface area contributed by atoms with Crippen LogP contribution in [0.25, 0.3) is 0 Å². The van der Waals surface area contributed by atoms with E-state index in [1.54, 1.807) is 18.2 Å². The Bertz CT molecular complexity index is 552. The number of halogens is 1. The molecule has 0 heterocycles. The van der Waals surface area contributed by atoms with Gasteiger partial charge in [-0.1, -0.05) is 17.7 Å². The second kappa shape index (κ2) is 5.97. The van der Waals surface area contributed by atoms with Crippen LogP contribution in [0, 0.1) is 0 Å². The molecule has 5 heteroatoms. The van der Waals surface area contributed by atoms with Crippen LogP contribution >= 0.6 is 11.6 Å². The topological polar surface area (TPSA) is 55.7 Å². The number of carbonyl (C=O) groups excluding carboxylic acids is 2. The van der Waals surface area contributed by atoms with Crippen molar-refractivity contribution in [2.45, 2.75) is 25.7 Å². The Morgan fingerprint density at radius 1 is 1.37 bits per heavy atom. The van der Waals surface area contributed by atoms with Gasteiger partial charge in [-0.05, 0) is 25.0 Å². The van der Waals surface area contributed by atoms with Crippen LogP contribution in [0.3, 0.4) is 0 Å². The van der Waals surface area contributed by atoms with E-state index in [1.807, 2.05) is 0 Å². The van der Waals surface area contributed by atoms with Gasteiger partial charge in [0.1, 0.15) is 5.78 Å². The van der Waals surface area contributed by atoms with Gasteiger partial charge < -0.3 is 4.74 Å². The van der Waals surface area contributed by atoms with Crippen molar-refractivity contribution in [2.24, 2.45) is 4.99 Å². The fraction of sp³-hybridized carbons (Fsp3) is 0.357. The molecule has 0 N–H and O–H groups in total. The van der Waals surface area contributed by atoms with Gasteiger partial charge >= 0.3 is 5.97 Å². The molecule has 1 aliphatic rings. The molecule has 0 unspecified atom stereocenters. The van der Waals surface area contributed by atoms with Crippen LogP contribution in [-0.4, -0.2) is 24.6 Å². The third-order valence-corrected chi connectivity index (χ3v) is 3.38. The predicted octanol–water partition coefficient (Wildman–Crippen LogP) is 3.34. The van der Waals surface area contributed by atoms with Gasteiger partial charge in [0.15, 0.2) is 0 Å². The van der Waals surface area contributed by atoms with E-state index in [0.29, 0.717) is 18.5 Å². The maximum atomic E-state index is 11.5. The molecule has 2 rings (SSSR count). The van der Waals surface area contributed by atoms with Gasteiger partial charge in [-0.3, -0.25) is 9.79 Å². The fourth-order valence-electron chi connectivity index (χ4n) is 2.03. The van der Waals surface area contributed by atoms with E-state index in [0.717, 1.165) is 18.6 Å². The lowest BCUT2D eigenvalue weighted by atomic mass is 9.97. The number of methoxy groups -OCH3 is 1. The number of rotatable bonds is 2. The zero-order valence-corrected chi connectivity index (χ0v) is 11.4. The molecule has 0 aliphatic heterocycles. The van der Waals surface area contributed by atoms with Gasteiger partial charge in [-0.25, -0.2) is 4.79 Å². The molecule has 0 bridgehead atoms. The number of nitrogens with zero attached hydrogens (tertiary/aromatic N) is 1. The summed E-state index contributed by atoms with van der Waals surface area (Å²) in [4.78, 5) is 27.3. The molecule has 19 heavy (non-hydrogen) atoms. The highest BCUT2D eigenvalue weighted by Crippen LogP contribution is 2.30. The molecule has 0 amide bonds. The van der Waals surface area contributed by atoms with Gasteiger partial charge in [0.05, 0.1) is 23.4 Å². The Labute approximate surface area is 116 Å². The Hall–Kier alpha value is -1.68. The van der Waals surface area contributed by atoms with E-state index in [4.69, 9.17) is 11.6 Å². The van der Waals surface area contributed by atoms with E-state index in [1.165, 1.54) is 7.11 Å².